The lowest BCUT2D eigenvalue weighted by atomic mass is 10.0. The van der Waals surface area contributed by atoms with Gasteiger partial charge in [-0.05, 0) is 25.0 Å². The molecule has 2 atom stereocenters. The maximum Gasteiger partial charge on any atom is 0.251 e. The van der Waals surface area contributed by atoms with Gasteiger partial charge in [-0.1, -0.05) is 50.3 Å². The zero-order valence-electron chi connectivity index (χ0n) is 11.3. The molecule has 3 nitrogen and oxygen atoms in total. The molecule has 19 heavy (non-hydrogen) atoms. The predicted molar refractivity (Wildman–Crippen MR) is 76.0 cm³/mol. The third-order valence-corrected chi connectivity index (χ3v) is 3.83. The lowest BCUT2D eigenvalue weighted by molar-refractivity contribution is 0.0798. The number of nitrogens with one attached hydrogen (secondary N) is 1. The van der Waals surface area contributed by atoms with Gasteiger partial charge in [-0.15, -0.1) is 0 Å². The summed E-state index contributed by atoms with van der Waals surface area (Å²) in [6.07, 6.45) is 7.02. The van der Waals surface area contributed by atoms with Crippen molar-refractivity contribution in [3.05, 3.63) is 35.9 Å². The summed E-state index contributed by atoms with van der Waals surface area (Å²) in [5, 5.41) is 13.2. The van der Waals surface area contributed by atoms with E-state index in [0.29, 0.717) is 5.56 Å². The normalized spacial score (nSPS) is 24.9. The van der Waals surface area contributed by atoms with Crippen LogP contribution in [0.3, 0.4) is 0 Å². The van der Waals surface area contributed by atoms with Crippen LogP contribution in [0.5, 0.6) is 0 Å². The fraction of sp³-hybridized carbons (Fsp3) is 0.562. The summed E-state index contributed by atoms with van der Waals surface area (Å²) < 4.78 is 0. The van der Waals surface area contributed by atoms with Crippen LogP contribution in [0.25, 0.3) is 0 Å². The third-order valence-electron chi connectivity index (χ3n) is 3.83. The van der Waals surface area contributed by atoms with Gasteiger partial charge in [0, 0.05) is 5.56 Å². The Morgan fingerprint density at radius 1 is 1.00 bits per heavy atom. The van der Waals surface area contributed by atoms with Gasteiger partial charge < -0.3 is 10.4 Å². The number of hydrogen-bond donors (Lipinski definition) is 2. The molecule has 1 amide bonds. The molecule has 1 saturated carbocycles. The average molecular weight is 261 g/mol. The molecule has 1 aliphatic rings. The molecule has 2 rings (SSSR count). The third kappa shape index (κ3) is 4.35. The van der Waals surface area contributed by atoms with E-state index in [2.05, 4.69) is 5.32 Å². The van der Waals surface area contributed by atoms with Crippen LogP contribution < -0.4 is 5.32 Å². The largest absolute Gasteiger partial charge is 0.391 e. The second-order valence-electron chi connectivity index (χ2n) is 5.36. The molecule has 1 fully saturated rings. The van der Waals surface area contributed by atoms with E-state index in [1.807, 2.05) is 18.2 Å². The monoisotopic (exact) mass is 261 g/mol. The maximum absolute atomic E-state index is 12.1. The SMILES string of the molecule is O=C(NC1CCCCCCCC1O)c1ccccc1. The Hall–Kier alpha value is -1.35. The molecule has 0 heterocycles. The molecular formula is C16H23NO2. The van der Waals surface area contributed by atoms with E-state index >= 15 is 0 Å². The number of amides is 1. The number of rotatable bonds is 2. The van der Waals surface area contributed by atoms with Gasteiger partial charge in [-0.2, -0.15) is 0 Å². The summed E-state index contributed by atoms with van der Waals surface area (Å²) in [5.74, 6) is -0.0797. The van der Waals surface area contributed by atoms with Crippen molar-refractivity contribution in [1.82, 2.24) is 5.32 Å². The van der Waals surface area contributed by atoms with E-state index in [-0.39, 0.29) is 11.9 Å². The fourth-order valence-electron chi connectivity index (χ4n) is 2.65. The van der Waals surface area contributed by atoms with Crippen molar-refractivity contribution in [3.63, 3.8) is 0 Å². The number of benzene rings is 1. The van der Waals surface area contributed by atoms with Crippen LogP contribution in [0.4, 0.5) is 0 Å². The van der Waals surface area contributed by atoms with Gasteiger partial charge in [0.15, 0.2) is 0 Å². The highest BCUT2D eigenvalue weighted by atomic mass is 16.3. The van der Waals surface area contributed by atoms with Crippen molar-refractivity contribution in [1.29, 1.82) is 0 Å². The Kier molecular flexibility index (Phi) is 5.40. The van der Waals surface area contributed by atoms with Crippen molar-refractivity contribution in [2.45, 2.75) is 57.1 Å². The van der Waals surface area contributed by atoms with E-state index in [1.54, 1.807) is 12.1 Å². The lowest BCUT2D eigenvalue weighted by Gasteiger charge is -2.23. The zero-order chi connectivity index (χ0) is 13.5. The molecule has 0 bridgehead atoms. The highest BCUT2D eigenvalue weighted by Crippen LogP contribution is 2.18. The number of carbonyl (C=O) groups excluding carboxylic acids is 1. The number of carbonyl (C=O) groups is 1. The van der Waals surface area contributed by atoms with Crippen LogP contribution in [0.2, 0.25) is 0 Å². The molecule has 0 aromatic heterocycles. The van der Waals surface area contributed by atoms with Crippen LogP contribution in [0.1, 0.15) is 55.3 Å². The quantitative estimate of drug-likeness (QED) is 0.860. The molecule has 0 aliphatic heterocycles. The van der Waals surface area contributed by atoms with E-state index < -0.39 is 6.10 Å². The second-order valence-corrected chi connectivity index (χ2v) is 5.36. The topological polar surface area (TPSA) is 49.3 Å². The highest BCUT2D eigenvalue weighted by molar-refractivity contribution is 5.94. The Morgan fingerprint density at radius 2 is 1.63 bits per heavy atom. The van der Waals surface area contributed by atoms with Crippen LogP contribution in [-0.4, -0.2) is 23.2 Å². The van der Waals surface area contributed by atoms with E-state index in [9.17, 15) is 9.90 Å². The van der Waals surface area contributed by atoms with E-state index in [0.717, 1.165) is 25.7 Å². The minimum Gasteiger partial charge on any atom is -0.391 e. The van der Waals surface area contributed by atoms with Crippen molar-refractivity contribution in [2.24, 2.45) is 0 Å². The van der Waals surface area contributed by atoms with Gasteiger partial charge in [0.05, 0.1) is 12.1 Å². The molecular weight excluding hydrogens is 238 g/mol. The van der Waals surface area contributed by atoms with Crippen molar-refractivity contribution < 1.29 is 9.90 Å². The Balaban J connectivity index is 1.96. The fourth-order valence-corrected chi connectivity index (χ4v) is 2.65. The summed E-state index contributed by atoms with van der Waals surface area (Å²) >= 11 is 0. The van der Waals surface area contributed by atoms with Gasteiger partial charge in [0.25, 0.3) is 5.91 Å². The van der Waals surface area contributed by atoms with Gasteiger partial charge in [0.1, 0.15) is 0 Å². The molecule has 1 aromatic rings. The molecule has 0 saturated heterocycles. The molecule has 1 aliphatic carbocycles. The van der Waals surface area contributed by atoms with Gasteiger partial charge in [-0.3, -0.25) is 4.79 Å². The van der Waals surface area contributed by atoms with E-state index in [4.69, 9.17) is 0 Å². The summed E-state index contributed by atoms with van der Waals surface area (Å²) in [7, 11) is 0. The average Bonchev–Trinajstić information content (AvgIpc) is 2.54. The number of aliphatic hydroxyl groups excluding tert-OH is 1. The van der Waals surface area contributed by atoms with Crippen LogP contribution >= 0.6 is 0 Å². The molecule has 0 spiro atoms. The second kappa shape index (κ2) is 7.29. The molecule has 2 N–H and O–H groups in total. The van der Waals surface area contributed by atoms with Crippen LogP contribution in [0, 0.1) is 0 Å². The first kappa shape index (κ1) is 14.1. The first-order valence-corrected chi connectivity index (χ1v) is 7.31. The number of aliphatic hydroxyl groups is 1. The predicted octanol–water partition coefficient (Wildman–Crippen LogP) is 2.89. The number of hydrogen-bond acceptors (Lipinski definition) is 2. The van der Waals surface area contributed by atoms with Crippen LogP contribution in [-0.2, 0) is 0 Å². The zero-order valence-corrected chi connectivity index (χ0v) is 11.3. The Bertz CT molecular complexity index is 391. The molecule has 3 heteroatoms. The summed E-state index contributed by atoms with van der Waals surface area (Å²) in [6.45, 7) is 0. The van der Waals surface area contributed by atoms with Crippen molar-refractivity contribution >= 4 is 5.91 Å². The molecule has 0 radical (unpaired) electrons. The minimum atomic E-state index is -0.411. The van der Waals surface area contributed by atoms with Gasteiger partial charge in [0.2, 0.25) is 0 Å². The maximum atomic E-state index is 12.1. The summed E-state index contributed by atoms with van der Waals surface area (Å²) in [5.41, 5.74) is 0.662. The van der Waals surface area contributed by atoms with Crippen molar-refractivity contribution in [2.75, 3.05) is 0 Å². The van der Waals surface area contributed by atoms with E-state index in [1.165, 1.54) is 19.3 Å². The molecule has 1 aromatic carbocycles. The minimum absolute atomic E-state index is 0.0797. The highest BCUT2D eigenvalue weighted by Gasteiger charge is 2.22. The Labute approximate surface area is 115 Å². The molecule has 2 unspecified atom stereocenters. The first-order valence-electron chi connectivity index (χ1n) is 7.31. The Morgan fingerprint density at radius 3 is 2.37 bits per heavy atom. The van der Waals surface area contributed by atoms with Crippen molar-refractivity contribution in [3.8, 4) is 0 Å². The lowest BCUT2D eigenvalue weighted by Crippen LogP contribution is -2.43. The van der Waals surface area contributed by atoms with Crippen LogP contribution in [0.15, 0.2) is 30.3 Å². The molecule has 104 valence electrons. The van der Waals surface area contributed by atoms with Gasteiger partial charge >= 0.3 is 0 Å². The smallest absolute Gasteiger partial charge is 0.251 e. The summed E-state index contributed by atoms with van der Waals surface area (Å²) in [4.78, 5) is 12.1. The standard InChI is InChI=1S/C16H23NO2/c18-15-12-8-3-1-2-7-11-14(15)17-16(19)13-9-5-4-6-10-13/h4-6,9-10,14-15,18H,1-3,7-8,11-12H2,(H,17,19). The first-order chi connectivity index (χ1) is 9.27. The van der Waals surface area contributed by atoms with Gasteiger partial charge in [-0.25, -0.2) is 0 Å². The summed E-state index contributed by atoms with van der Waals surface area (Å²) in [6, 6.07) is 9.10.